The number of nitrogen functional groups attached to an aromatic ring is 1. The van der Waals surface area contributed by atoms with Crippen molar-refractivity contribution in [3.8, 4) is 5.75 Å². The number of anilines is 2. The summed E-state index contributed by atoms with van der Waals surface area (Å²) in [6.07, 6.45) is 0. The quantitative estimate of drug-likeness (QED) is 0.00667. The Hall–Kier alpha value is -1.27. The van der Waals surface area contributed by atoms with Crippen molar-refractivity contribution in [3.63, 3.8) is 0 Å². The average molecular weight is 1110 g/mol. The van der Waals surface area contributed by atoms with E-state index in [1.165, 1.54) is 60.7 Å². The minimum absolute atomic E-state index is 0. The molecule has 0 saturated heterocycles. The zero-order valence-corrected chi connectivity index (χ0v) is 48.8. The fourth-order valence-electron chi connectivity index (χ4n) is 5.32. The summed E-state index contributed by atoms with van der Waals surface area (Å²) < 4.78 is 137. The van der Waals surface area contributed by atoms with Gasteiger partial charge in [0, 0.05) is 11.3 Å². The number of azo groups is 2. The van der Waals surface area contributed by atoms with Crippen molar-refractivity contribution in [1.82, 2.24) is 0 Å². The second-order valence-electron chi connectivity index (χ2n) is 12.3. The third-order valence-electron chi connectivity index (χ3n) is 8.14. The second-order valence-corrected chi connectivity index (χ2v) is 20.2. The van der Waals surface area contributed by atoms with Crippen molar-refractivity contribution >= 4 is 115 Å². The third-order valence-corrected chi connectivity index (χ3v) is 13.8. The number of sulfone groups is 2. The molecule has 5 aromatic carbocycles. The second kappa shape index (κ2) is 29.6. The van der Waals surface area contributed by atoms with Gasteiger partial charge < -0.3 is 35.8 Å². The number of hydrogen-bond donors (Lipinski definition) is 3. The number of benzene rings is 5. The van der Waals surface area contributed by atoms with Gasteiger partial charge in [-0.2, -0.15) is 14.6 Å². The smallest absolute Gasteiger partial charge is 0.744 e. The van der Waals surface area contributed by atoms with Crippen LogP contribution in [0.15, 0.2) is 125 Å². The Labute approximate surface area is 489 Å². The number of fused-ring (bicyclic) bond motifs is 1. The van der Waals surface area contributed by atoms with Gasteiger partial charge in [-0.05, 0) is 78.2 Å². The van der Waals surface area contributed by atoms with Crippen LogP contribution in [0, 0.1) is 0 Å². The first-order chi connectivity index (χ1) is 30.6. The van der Waals surface area contributed by atoms with Gasteiger partial charge in [-0.3, -0.25) is 23.2 Å². The van der Waals surface area contributed by atoms with Crippen LogP contribution in [0.2, 0.25) is 0 Å². The predicted molar refractivity (Wildman–Crippen MR) is 217 cm³/mol. The molecular formula is C33H26N6Na4O20S6. The zero-order chi connectivity index (χ0) is 47.6. The predicted octanol–water partition coefficient (Wildman–Crippen LogP) is -8.81. The Morgan fingerprint density at radius 1 is 0.696 bits per heavy atom. The summed E-state index contributed by atoms with van der Waals surface area (Å²) in [4.78, 5) is 11.4. The van der Waals surface area contributed by atoms with E-state index in [-0.39, 0.29) is 197 Å². The van der Waals surface area contributed by atoms with E-state index in [1.807, 2.05) is 0 Å². The molecule has 0 fully saturated rings. The number of nitrogens with zero attached hydrogens (tertiary/aromatic N) is 4. The maximum Gasteiger partial charge on any atom is 1.00 e. The monoisotopic (exact) mass is 1110 g/mol. The number of hydrogen-bond acceptors (Lipinski definition) is 27. The van der Waals surface area contributed by atoms with Crippen molar-refractivity contribution in [3.05, 3.63) is 90.5 Å². The number of rotatable bonds is 22. The summed E-state index contributed by atoms with van der Waals surface area (Å²) in [5, 5.41) is 56.1. The molecule has 0 heterocycles. The van der Waals surface area contributed by atoms with Gasteiger partial charge in [-0.15, -0.1) is 14.6 Å². The Morgan fingerprint density at radius 3 is 1.94 bits per heavy atom. The summed E-state index contributed by atoms with van der Waals surface area (Å²) in [7, 11) is -18.6. The van der Waals surface area contributed by atoms with Crippen LogP contribution in [-0.2, 0) is 67.3 Å². The average Bonchev–Trinajstić information content (AvgIpc) is 3.24. The number of nitrogens with one attached hydrogen (secondary N) is 1. The van der Waals surface area contributed by atoms with E-state index in [0.717, 1.165) is 24.3 Å². The molecule has 26 nitrogen and oxygen atoms in total. The number of phenolic OH excluding ortho intramolecular Hbond substituents is 1. The Bertz CT molecular complexity index is 3110. The Kier molecular flexibility index (Phi) is 28.2. The van der Waals surface area contributed by atoms with Gasteiger partial charge in [0.05, 0.1) is 78.8 Å². The van der Waals surface area contributed by atoms with Crippen LogP contribution in [0.3, 0.4) is 0 Å². The molecular weight excluding hydrogens is 1080 g/mol. The van der Waals surface area contributed by atoms with Crippen LogP contribution < -0.4 is 140 Å². The number of carbonyl (C=O) groups excluding carboxylic acids is 1. The zero-order valence-electron chi connectivity index (χ0n) is 35.9. The summed E-state index contributed by atoms with van der Waals surface area (Å²) in [5.74, 6) is -3.01. The van der Waals surface area contributed by atoms with Gasteiger partial charge in [-0.1, -0.05) is 12.1 Å². The topological polar surface area (TPSA) is 409 Å². The molecule has 0 saturated carbocycles. The molecule has 0 bridgehead atoms. The molecule has 69 heavy (non-hydrogen) atoms. The van der Waals surface area contributed by atoms with Gasteiger partial charge in [-0.25, -0.2) is 33.7 Å². The standard InChI is InChI=1S/C33H30N6O20S6.4Na/c34-29-28-20(16-26(60-58-56-42)30(32(28)40)38-36-21-7-9-24(10-8-21)62(44,45)13-11-54-61-59-57-43)17-27(64(48,49)50)31(29)39-37-23-5-1-3-19(15-23)33(41)35-22-4-2-6-25(18-22)63(46,47)14-12-55-65(51,52)53;;;;/h1-10,15-18,40,42-43H,11-14,34H2,(H,35,41)(H,48,49,50)(H,51,52,53);;;;/q;4*+1/p-4. The molecule has 0 aliphatic heterocycles. The van der Waals surface area contributed by atoms with E-state index in [9.17, 15) is 63.2 Å². The molecule has 0 aliphatic carbocycles. The van der Waals surface area contributed by atoms with Crippen LogP contribution >= 0.6 is 24.4 Å². The van der Waals surface area contributed by atoms with Gasteiger partial charge in [0.25, 0.3) is 5.91 Å². The van der Waals surface area contributed by atoms with Crippen molar-refractivity contribution < 1.29 is 209 Å². The molecule has 0 radical (unpaired) electrons. The Morgan fingerprint density at radius 2 is 1.30 bits per heavy atom. The van der Waals surface area contributed by atoms with Crippen LogP contribution in [0.4, 0.5) is 34.1 Å². The van der Waals surface area contributed by atoms with Crippen LogP contribution in [0.5, 0.6) is 5.75 Å². The summed E-state index contributed by atoms with van der Waals surface area (Å²) in [5.41, 5.74) is 4.30. The summed E-state index contributed by atoms with van der Waals surface area (Å²) in [6, 6.07) is 16.7. The molecule has 0 spiro atoms. The van der Waals surface area contributed by atoms with Crippen molar-refractivity contribution in [2.45, 2.75) is 19.6 Å². The molecule has 1 amide bonds. The van der Waals surface area contributed by atoms with E-state index in [2.05, 4.69) is 48.7 Å². The van der Waals surface area contributed by atoms with Crippen LogP contribution in [0.1, 0.15) is 10.4 Å². The van der Waals surface area contributed by atoms with Gasteiger partial charge >= 0.3 is 118 Å². The van der Waals surface area contributed by atoms with E-state index >= 15 is 0 Å². The molecule has 5 aromatic rings. The molecule has 0 atom stereocenters. The molecule has 0 aliphatic rings. The minimum Gasteiger partial charge on any atom is -0.744 e. The molecule has 5 rings (SSSR count). The van der Waals surface area contributed by atoms with Crippen molar-refractivity contribution in [2.24, 2.45) is 20.5 Å². The fourth-order valence-corrected chi connectivity index (χ4v) is 9.40. The Balaban J connectivity index is 0.00000595. The fraction of sp³-hybridized carbons (Fsp3) is 0.121. The molecule has 0 aromatic heterocycles. The first-order valence-electron chi connectivity index (χ1n) is 17.1. The summed E-state index contributed by atoms with van der Waals surface area (Å²) >= 11 is 0.322. The first kappa shape index (κ1) is 65.7. The maximum atomic E-state index is 13.2. The molecule has 348 valence electrons. The van der Waals surface area contributed by atoms with E-state index in [4.69, 9.17) is 9.92 Å². The van der Waals surface area contributed by atoms with Crippen molar-refractivity contribution in [2.75, 3.05) is 35.8 Å². The third kappa shape index (κ3) is 19.2. The first-order valence-corrected chi connectivity index (χ1v) is 24.6. The number of carbonyl (C=O) groups is 1. The number of phenols is 1. The number of nitrogens with two attached hydrogens (primary N) is 1. The summed E-state index contributed by atoms with van der Waals surface area (Å²) in [6.45, 7) is -1.32. The number of amides is 1. The SMILES string of the molecule is Nc1c(N=Nc2cccc(C(=O)Nc3cccc(S(=O)(=O)CCOS(=O)(=O)[O-])c3)c2)c(S(=O)(=O)[O-])cc2cc(SOO[O-])c(N=Nc3ccc(S(=O)(=O)CCOSOO[O-])cc3)c(O)c12.[Na+].[Na+].[Na+].[Na+]. The van der Waals surface area contributed by atoms with E-state index in [0.29, 0.717) is 0 Å². The normalized spacial score (nSPS) is 11.9. The molecule has 0 unspecified atom stereocenters. The largest absolute Gasteiger partial charge is 1.00 e. The molecule has 36 heteroatoms. The molecule has 4 N–H and O–H groups in total. The van der Waals surface area contributed by atoms with Crippen molar-refractivity contribution in [1.29, 1.82) is 0 Å². The maximum absolute atomic E-state index is 13.2. The van der Waals surface area contributed by atoms with E-state index in [1.54, 1.807) is 0 Å². The van der Waals surface area contributed by atoms with Gasteiger partial charge in [0.1, 0.15) is 21.5 Å². The van der Waals surface area contributed by atoms with E-state index < -0.39 is 91.9 Å². The van der Waals surface area contributed by atoms with Crippen LogP contribution in [0.25, 0.3) is 10.8 Å². The van der Waals surface area contributed by atoms with Gasteiger partial charge in [0.15, 0.2) is 37.7 Å². The van der Waals surface area contributed by atoms with Gasteiger partial charge in [0.2, 0.25) is 10.4 Å². The van der Waals surface area contributed by atoms with Crippen LogP contribution in [-0.4, -0.2) is 78.5 Å². The number of aromatic hydroxyl groups is 1. The minimum atomic E-state index is -5.40.